The third-order valence-electron chi connectivity index (χ3n) is 1.24. The van der Waals surface area contributed by atoms with Crippen LogP contribution in [0.1, 0.15) is 5.82 Å². The second kappa shape index (κ2) is 2.52. The van der Waals surface area contributed by atoms with Crippen molar-refractivity contribution in [1.29, 1.82) is 0 Å². The second-order valence-corrected chi connectivity index (χ2v) is 2.92. The first-order valence-electron chi connectivity index (χ1n) is 3.16. The Morgan fingerprint density at radius 2 is 2.33 bits per heavy atom. The summed E-state index contributed by atoms with van der Waals surface area (Å²) in [5, 5.41) is 7.84. The molecule has 7 heteroatoms. The summed E-state index contributed by atoms with van der Waals surface area (Å²) in [7, 11) is 0. The van der Waals surface area contributed by atoms with Crippen molar-refractivity contribution in [2.75, 3.05) is 5.73 Å². The van der Waals surface area contributed by atoms with Gasteiger partial charge in [-0.15, -0.1) is 5.10 Å². The molecule has 0 aromatic carbocycles. The van der Waals surface area contributed by atoms with Gasteiger partial charge in [0.05, 0.1) is 0 Å². The maximum Gasteiger partial charge on any atom is 0.281 e. The first-order chi connectivity index (χ1) is 5.77. The van der Waals surface area contributed by atoms with Crippen molar-refractivity contribution in [3.8, 4) is 11.6 Å². The van der Waals surface area contributed by atoms with Crippen LogP contribution in [0.25, 0.3) is 11.6 Å². The van der Waals surface area contributed by atoms with Gasteiger partial charge in [0.1, 0.15) is 5.00 Å². The molecule has 0 bridgehead atoms. The Hall–Kier alpha value is -1.50. The number of nitrogens with two attached hydrogens (primary N) is 1. The molecule has 0 atom stereocenters. The second-order valence-electron chi connectivity index (χ2n) is 2.13. The average molecular weight is 183 g/mol. The molecule has 0 amide bonds. The highest BCUT2D eigenvalue weighted by atomic mass is 32.1. The lowest BCUT2D eigenvalue weighted by atomic mass is 10.5. The van der Waals surface area contributed by atoms with E-state index >= 15 is 0 Å². The molecule has 0 unspecified atom stereocenters. The summed E-state index contributed by atoms with van der Waals surface area (Å²) in [6, 6.07) is 0. The van der Waals surface area contributed by atoms with E-state index in [4.69, 9.17) is 10.3 Å². The molecule has 0 aliphatic carbocycles. The van der Waals surface area contributed by atoms with Crippen LogP contribution in [0.15, 0.2) is 4.52 Å². The van der Waals surface area contributed by atoms with E-state index in [1.807, 2.05) is 0 Å². The Balaban J connectivity index is 2.50. The summed E-state index contributed by atoms with van der Waals surface area (Å²) in [4.78, 5) is 3.96. The van der Waals surface area contributed by atoms with E-state index in [1.54, 1.807) is 6.92 Å². The van der Waals surface area contributed by atoms with Gasteiger partial charge in [-0.05, 0) is 6.92 Å². The molecule has 0 aliphatic heterocycles. The van der Waals surface area contributed by atoms with Crippen LogP contribution in [0.2, 0.25) is 0 Å². The Bertz CT molecular complexity index is 394. The minimum atomic E-state index is 0.318. The molecule has 2 rings (SSSR count). The van der Waals surface area contributed by atoms with Crippen molar-refractivity contribution in [1.82, 2.24) is 19.7 Å². The van der Waals surface area contributed by atoms with E-state index in [-0.39, 0.29) is 0 Å². The number of hydrogen-bond donors (Lipinski definition) is 1. The van der Waals surface area contributed by atoms with Crippen molar-refractivity contribution >= 4 is 16.5 Å². The third kappa shape index (κ3) is 1.03. The van der Waals surface area contributed by atoms with Gasteiger partial charge in [0, 0.05) is 11.5 Å². The van der Waals surface area contributed by atoms with Gasteiger partial charge >= 0.3 is 0 Å². The van der Waals surface area contributed by atoms with Gasteiger partial charge in [-0.3, -0.25) is 0 Å². The zero-order valence-electron chi connectivity index (χ0n) is 6.18. The number of aromatic nitrogens is 4. The maximum absolute atomic E-state index is 5.55. The smallest absolute Gasteiger partial charge is 0.281 e. The zero-order valence-corrected chi connectivity index (χ0v) is 7.00. The van der Waals surface area contributed by atoms with Gasteiger partial charge in [-0.25, -0.2) is 0 Å². The van der Waals surface area contributed by atoms with E-state index < -0.39 is 0 Å². The number of nitrogen functional groups attached to an aromatic ring is 1. The monoisotopic (exact) mass is 183 g/mol. The summed E-state index contributed by atoms with van der Waals surface area (Å²) in [6.45, 7) is 1.73. The molecule has 0 aliphatic rings. The Kier molecular flexibility index (Phi) is 1.51. The first kappa shape index (κ1) is 7.17. The van der Waals surface area contributed by atoms with Crippen LogP contribution in [0.4, 0.5) is 5.00 Å². The van der Waals surface area contributed by atoms with Gasteiger partial charge in [0.25, 0.3) is 5.89 Å². The molecule has 0 spiro atoms. The highest BCUT2D eigenvalue weighted by molar-refractivity contribution is 7.10. The zero-order chi connectivity index (χ0) is 8.55. The Morgan fingerprint density at radius 1 is 1.50 bits per heavy atom. The quantitative estimate of drug-likeness (QED) is 0.691. The third-order valence-corrected chi connectivity index (χ3v) is 1.80. The lowest BCUT2D eigenvalue weighted by Gasteiger charge is -1.84. The van der Waals surface area contributed by atoms with E-state index in [0.29, 0.717) is 22.4 Å². The fourth-order valence-electron chi connectivity index (χ4n) is 0.739. The fourth-order valence-corrected chi connectivity index (χ4v) is 1.16. The standard InChI is InChI=1S/C5H5N5OS/c1-2-7-5(11-9-2)3-4(6)12-10-8-3/h6H2,1H3. The summed E-state index contributed by atoms with van der Waals surface area (Å²) < 4.78 is 8.50. The van der Waals surface area contributed by atoms with Gasteiger partial charge in [0.2, 0.25) is 0 Å². The van der Waals surface area contributed by atoms with Crippen LogP contribution in [0.3, 0.4) is 0 Å². The molecule has 12 heavy (non-hydrogen) atoms. The predicted octanol–water partition coefficient (Wildman–Crippen LogP) is 0.479. The van der Waals surface area contributed by atoms with E-state index in [1.165, 1.54) is 0 Å². The van der Waals surface area contributed by atoms with Crippen LogP contribution >= 0.6 is 11.5 Å². The molecule has 6 nitrogen and oxygen atoms in total. The van der Waals surface area contributed by atoms with Gasteiger partial charge in [0.15, 0.2) is 11.5 Å². The van der Waals surface area contributed by atoms with Crippen LogP contribution in [-0.2, 0) is 0 Å². The molecule has 2 aromatic rings. The summed E-state index contributed by atoms with van der Waals surface area (Å²) in [6.07, 6.45) is 0. The molecule has 62 valence electrons. The van der Waals surface area contributed by atoms with Crippen LogP contribution in [0, 0.1) is 6.92 Å². The lowest BCUT2D eigenvalue weighted by Crippen LogP contribution is -1.85. The van der Waals surface area contributed by atoms with Gasteiger partial charge < -0.3 is 10.3 Å². The largest absolute Gasteiger partial charge is 0.387 e. The highest BCUT2D eigenvalue weighted by Gasteiger charge is 2.13. The number of aryl methyl sites for hydroxylation is 1. The van der Waals surface area contributed by atoms with Crippen molar-refractivity contribution in [2.45, 2.75) is 6.92 Å². The Morgan fingerprint density at radius 3 is 2.83 bits per heavy atom. The maximum atomic E-state index is 5.55. The SMILES string of the molecule is Cc1noc(-c2nnsc2N)n1. The molecule has 0 saturated carbocycles. The topological polar surface area (TPSA) is 90.7 Å². The van der Waals surface area contributed by atoms with Gasteiger partial charge in [-0.1, -0.05) is 9.64 Å². The number of nitrogens with zero attached hydrogens (tertiary/aromatic N) is 4. The van der Waals surface area contributed by atoms with Crippen LogP contribution in [-0.4, -0.2) is 19.7 Å². The van der Waals surface area contributed by atoms with Gasteiger partial charge in [-0.2, -0.15) is 4.98 Å². The summed E-state index contributed by atoms with van der Waals surface area (Å²) >= 11 is 1.10. The molecule has 0 radical (unpaired) electrons. The lowest BCUT2D eigenvalue weighted by molar-refractivity contribution is 0.424. The molecular weight excluding hydrogens is 178 g/mol. The average Bonchev–Trinajstić information content (AvgIpc) is 2.58. The molecule has 0 fully saturated rings. The molecule has 2 N–H and O–H groups in total. The normalized spacial score (nSPS) is 10.4. The van der Waals surface area contributed by atoms with E-state index in [0.717, 1.165) is 11.5 Å². The van der Waals surface area contributed by atoms with Crippen molar-refractivity contribution in [3.05, 3.63) is 5.82 Å². The van der Waals surface area contributed by atoms with Crippen molar-refractivity contribution in [2.24, 2.45) is 0 Å². The summed E-state index contributed by atoms with van der Waals surface area (Å²) in [5.41, 5.74) is 6.01. The molecular formula is C5H5N5OS. The van der Waals surface area contributed by atoms with E-state index in [2.05, 4.69) is 19.7 Å². The first-order valence-corrected chi connectivity index (χ1v) is 3.93. The number of rotatable bonds is 1. The van der Waals surface area contributed by atoms with Crippen molar-refractivity contribution in [3.63, 3.8) is 0 Å². The molecule has 2 aromatic heterocycles. The van der Waals surface area contributed by atoms with Crippen molar-refractivity contribution < 1.29 is 4.52 Å². The van der Waals surface area contributed by atoms with E-state index in [9.17, 15) is 0 Å². The fraction of sp³-hybridized carbons (Fsp3) is 0.200. The molecule has 2 heterocycles. The van der Waals surface area contributed by atoms with Crippen LogP contribution < -0.4 is 5.73 Å². The highest BCUT2D eigenvalue weighted by Crippen LogP contribution is 2.23. The van der Waals surface area contributed by atoms with Crippen LogP contribution in [0.5, 0.6) is 0 Å². The minimum Gasteiger partial charge on any atom is -0.387 e. The number of anilines is 1. The predicted molar refractivity (Wildman–Crippen MR) is 42.4 cm³/mol. The minimum absolute atomic E-state index is 0.318. The summed E-state index contributed by atoms with van der Waals surface area (Å²) in [5.74, 6) is 0.871. The Labute approximate surface area is 71.6 Å². The number of hydrogen-bond acceptors (Lipinski definition) is 7. The molecule has 0 saturated heterocycles.